The second-order valence-electron chi connectivity index (χ2n) is 4.68. The van der Waals surface area contributed by atoms with Gasteiger partial charge in [-0.15, -0.1) is 0 Å². The number of hydrogen-bond donors (Lipinski definition) is 1. The zero-order chi connectivity index (χ0) is 13.8. The van der Waals surface area contributed by atoms with Crippen molar-refractivity contribution in [2.75, 3.05) is 13.1 Å². The second kappa shape index (κ2) is 6.14. The van der Waals surface area contributed by atoms with Crippen molar-refractivity contribution >= 4 is 27.8 Å². The molecular formula is C13H15BrN2O3. The minimum atomic E-state index is -0.765. The Hall–Kier alpha value is -1.43. The Morgan fingerprint density at radius 2 is 2.05 bits per heavy atom. The quantitative estimate of drug-likeness (QED) is 0.864. The molecule has 2 heterocycles. The van der Waals surface area contributed by atoms with E-state index in [1.54, 1.807) is 23.1 Å². The number of nitrogens with zero attached hydrogens (tertiary/aromatic N) is 2. The number of pyridine rings is 1. The van der Waals surface area contributed by atoms with Crippen LogP contribution in [0.4, 0.5) is 0 Å². The van der Waals surface area contributed by atoms with Crippen LogP contribution in [0.3, 0.4) is 0 Å². The number of carbonyl (C=O) groups is 2. The maximum Gasteiger partial charge on any atom is 0.303 e. The predicted molar refractivity (Wildman–Crippen MR) is 72.8 cm³/mol. The Bertz CT molecular complexity index is 485. The largest absolute Gasteiger partial charge is 0.481 e. The summed E-state index contributed by atoms with van der Waals surface area (Å²) in [6.07, 6.45) is 1.68. The van der Waals surface area contributed by atoms with E-state index in [4.69, 9.17) is 5.11 Å². The number of halogens is 1. The van der Waals surface area contributed by atoms with E-state index in [0.717, 1.165) is 12.8 Å². The molecule has 1 aliphatic rings. The second-order valence-corrected chi connectivity index (χ2v) is 5.49. The van der Waals surface area contributed by atoms with Gasteiger partial charge in [0.25, 0.3) is 5.91 Å². The third-order valence-electron chi connectivity index (χ3n) is 3.30. The summed E-state index contributed by atoms with van der Waals surface area (Å²) >= 11 is 3.24. The molecule has 0 atom stereocenters. The van der Waals surface area contributed by atoms with Gasteiger partial charge in [0.2, 0.25) is 0 Å². The van der Waals surface area contributed by atoms with E-state index in [2.05, 4.69) is 20.9 Å². The molecule has 1 aromatic rings. The molecule has 2 rings (SSSR count). The molecule has 0 bridgehead atoms. The first-order valence-electron chi connectivity index (χ1n) is 6.20. The molecule has 1 aliphatic heterocycles. The van der Waals surface area contributed by atoms with Gasteiger partial charge in [0.1, 0.15) is 10.3 Å². The lowest BCUT2D eigenvalue weighted by Gasteiger charge is -2.31. The topological polar surface area (TPSA) is 70.5 Å². The van der Waals surface area contributed by atoms with Gasteiger partial charge in [-0.2, -0.15) is 0 Å². The van der Waals surface area contributed by atoms with Gasteiger partial charge in [-0.1, -0.05) is 6.07 Å². The van der Waals surface area contributed by atoms with Crippen molar-refractivity contribution in [1.82, 2.24) is 9.88 Å². The molecule has 0 unspecified atom stereocenters. The summed E-state index contributed by atoms with van der Waals surface area (Å²) in [5, 5.41) is 8.75. The highest BCUT2D eigenvalue weighted by Crippen LogP contribution is 2.21. The monoisotopic (exact) mass is 326 g/mol. The van der Waals surface area contributed by atoms with Crippen LogP contribution in [0.25, 0.3) is 0 Å². The average molecular weight is 327 g/mol. The van der Waals surface area contributed by atoms with Crippen LogP contribution in [0.5, 0.6) is 0 Å². The first-order valence-corrected chi connectivity index (χ1v) is 6.99. The van der Waals surface area contributed by atoms with Crippen LogP contribution < -0.4 is 0 Å². The van der Waals surface area contributed by atoms with Gasteiger partial charge in [-0.05, 0) is 46.8 Å². The number of aromatic nitrogens is 1. The van der Waals surface area contributed by atoms with E-state index in [1.807, 2.05) is 0 Å². The van der Waals surface area contributed by atoms with E-state index in [9.17, 15) is 9.59 Å². The lowest BCUT2D eigenvalue weighted by atomic mass is 9.93. The molecule has 102 valence electrons. The van der Waals surface area contributed by atoms with Gasteiger partial charge >= 0.3 is 5.97 Å². The fourth-order valence-electron chi connectivity index (χ4n) is 2.28. The van der Waals surface area contributed by atoms with E-state index >= 15 is 0 Å². The molecule has 19 heavy (non-hydrogen) atoms. The Morgan fingerprint density at radius 3 is 2.63 bits per heavy atom. The molecule has 1 fully saturated rings. The summed E-state index contributed by atoms with van der Waals surface area (Å²) in [6, 6.07) is 5.24. The maximum absolute atomic E-state index is 12.2. The summed E-state index contributed by atoms with van der Waals surface area (Å²) < 4.78 is 0.638. The summed E-state index contributed by atoms with van der Waals surface area (Å²) in [6.45, 7) is 1.20. The zero-order valence-corrected chi connectivity index (χ0v) is 12.0. The van der Waals surface area contributed by atoms with Crippen molar-refractivity contribution < 1.29 is 14.7 Å². The number of carboxylic acids is 1. The van der Waals surface area contributed by atoms with Crippen molar-refractivity contribution in [3.05, 3.63) is 28.5 Å². The van der Waals surface area contributed by atoms with Crippen LogP contribution >= 0.6 is 15.9 Å². The number of amides is 1. The normalized spacial score (nSPS) is 16.4. The smallest absolute Gasteiger partial charge is 0.303 e. The molecule has 1 N–H and O–H groups in total. The van der Waals surface area contributed by atoms with Crippen molar-refractivity contribution in [2.45, 2.75) is 19.3 Å². The lowest BCUT2D eigenvalue weighted by molar-refractivity contribution is -0.138. The standard InChI is InChI=1S/C13H15BrN2O3/c14-11-3-1-2-10(15-11)13(19)16-6-4-9(5-7-16)8-12(17)18/h1-3,9H,4-8H2,(H,17,18). The number of carbonyl (C=O) groups excluding carboxylic acids is 1. The summed E-state index contributed by atoms with van der Waals surface area (Å²) in [7, 11) is 0. The number of aliphatic carboxylic acids is 1. The predicted octanol–water partition coefficient (Wildman–Crippen LogP) is 2.17. The summed E-state index contributed by atoms with van der Waals surface area (Å²) in [4.78, 5) is 28.7. The Morgan fingerprint density at radius 1 is 1.37 bits per heavy atom. The van der Waals surface area contributed by atoms with Crippen molar-refractivity contribution in [3.63, 3.8) is 0 Å². The number of carboxylic acid groups (broad SMARTS) is 1. The molecule has 0 aliphatic carbocycles. The van der Waals surface area contributed by atoms with Crippen LogP contribution in [0, 0.1) is 5.92 Å². The van der Waals surface area contributed by atoms with E-state index in [-0.39, 0.29) is 18.2 Å². The molecule has 1 amide bonds. The summed E-state index contributed by atoms with van der Waals surface area (Å²) in [5.74, 6) is -0.675. The van der Waals surface area contributed by atoms with E-state index in [1.165, 1.54) is 0 Å². The van der Waals surface area contributed by atoms with E-state index in [0.29, 0.717) is 23.4 Å². The van der Waals surface area contributed by atoms with Crippen LogP contribution in [0.15, 0.2) is 22.8 Å². The SMILES string of the molecule is O=C(O)CC1CCN(C(=O)c2cccc(Br)n2)CC1. The van der Waals surface area contributed by atoms with Gasteiger partial charge in [-0.25, -0.2) is 4.98 Å². The Kier molecular flexibility index (Phi) is 4.52. The number of piperidine rings is 1. The molecule has 0 radical (unpaired) electrons. The first kappa shape index (κ1) is 14.0. The molecule has 0 saturated carbocycles. The van der Waals surface area contributed by atoms with Crippen molar-refractivity contribution in [1.29, 1.82) is 0 Å². The number of likely N-dealkylation sites (tertiary alicyclic amines) is 1. The Balaban J connectivity index is 1.94. The molecule has 0 aromatic carbocycles. The fraction of sp³-hybridized carbons (Fsp3) is 0.462. The van der Waals surface area contributed by atoms with Crippen molar-refractivity contribution in [2.24, 2.45) is 5.92 Å². The van der Waals surface area contributed by atoms with Gasteiger partial charge in [0, 0.05) is 19.5 Å². The number of rotatable bonds is 3. The fourth-order valence-corrected chi connectivity index (χ4v) is 2.62. The van der Waals surface area contributed by atoms with Gasteiger partial charge in [0.15, 0.2) is 0 Å². The zero-order valence-electron chi connectivity index (χ0n) is 10.4. The molecule has 1 saturated heterocycles. The molecule has 1 aromatic heterocycles. The molecular weight excluding hydrogens is 312 g/mol. The van der Waals surface area contributed by atoms with Crippen LogP contribution in [-0.2, 0) is 4.79 Å². The highest BCUT2D eigenvalue weighted by atomic mass is 79.9. The third-order valence-corrected chi connectivity index (χ3v) is 3.74. The molecule has 5 nitrogen and oxygen atoms in total. The summed E-state index contributed by atoms with van der Waals surface area (Å²) in [5.41, 5.74) is 0.422. The minimum absolute atomic E-state index is 0.0879. The molecule has 0 spiro atoms. The van der Waals surface area contributed by atoms with Crippen LogP contribution in [0.1, 0.15) is 29.8 Å². The Labute approximate surface area is 119 Å². The van der Waals surface area contributed by atoms with Crippen LogP contribution in [0.2, 0.25) is 0 Å². The van der Waals surface area contributed by atoms with Gasteiger partial charge < -0.3 is 10.0 Å². The van der Waals surface area contributed by atoms with Gasteiger partial charge in [0.05, 0.1) is 0 Å². The van der Waals surface area contributed by atoms with Crippen molar-refractivity contribution in [3.8, 4) is 0 Å². The van der Waals surface area contributed by atoms with E-state index < -0.39 is 5.97 Å². The average Bonchev–Trinajstić information content (AvgIpc) is 2.38. The lowest BCUT2D eigenvalue weighted by Crippen LogP contribution is -2.39. The highest BCUT2D eigenvalue weighted by Gasteiger charge is 2.25. The molecule has 6 heteroatoms. The third kappa shape index (κ3) is 3.76. The van der Waals surface area contributed by atoms with Gasteiger partial charge in [-0.3, -0.25) is 9.59 Å². The maximum atomic E-state index is 12.2. The van der Waals surface area contributed by atoms with Crippen LogP contribution in [-0.4, -0.2) is 40.0 Å². The minimum Gasteiger partial charge on any atom is -0.481 e. The number of hydrogen-bond acceptors (Lipinski definition) is 3. The highest BCUT2D eigenvalue weighted by molar-refractivity contribution is 9.10. The first-order chi connectivity index (χ1) is 9.06.